The van der Waals surface area contributed by atoms with Gasteiger partial charge in [0.25, 0.3) is 0 Å². The summed E-state index contributed by atoms with van der Waals surface area (Å²) in [6, 6.07) is 10.5. The molecule has 1 N–H and O–H groups in total. The van der Waals surface area contributed by atoms with Gasteiger partial charge in [-0.25, -0.2) is 0 Å². The standard InChI is InChI=1S/C19H30N2O2/c1-16(8-9-18-6-4-3-5-7-18)14-19(23)21-12-10-20(11-13-21)15-17(2)22/h3-7,16-17,22H,8-15H2,1-2H3/t16-,17+/m0/s1. The number of benzene rings is 1. The minimum Gasteiger partial charge on any atom is -0.392 e. The van der Waals surface area contributed by atoms with Crippen molar-refractivity contribution in [3.8, 4) is 0 Å². The van der Waals surface area contributed by atoms with Crippen LogP contribution in [-0.4, -0.2) is 59.6 Å². The predicted octanol–water partition coefficient (Wildman–Crippen LogP) is 2.17. The van der Waals surface area contributed by atoms with Crippen molar-refractivity contribution in [3.05, 3.63) is 35.9 Å². The third-order valence-corrected chi connectivity index (χ3v) is 4.54. The summed E-state index contributed by atoms with van der Waals surface area (Å²) in [6.45, 7) is 8.00. The average Bonchev–Trinajstić information content (AvgIpc) is 2.54. The molecule has 0 aromatic heterocycles. The van der Waals surface area contributed by atoms with Crippen LogP contribution in [0.25, 0.3) is 0 Å². The van der Waals surface area contributed by atoms with E-state index in [-0.39, 0.29) is 12.0 Å². The van der Waals surface area contributed by atoms with E-state index in [1.807, 2.05) is 17.9 Å². The lowest BCUT2D eigenvalue weighted by molar-refractivity contribution is -0.134. The van der Waals surface area contributed by atoms with Crippen molar-refractivity contribution in [1.82, 2.24) is 9.80 Å². The van der Waals surface area contributed by atoms with Gasteiger partial charge in [0.1, 0.15) is 0 Å². The Morgan fingerprint density at radius 2 is 1.78 bits per heavy atom. The van der Waals surface area contributed by atoms with E-state index in [4.69, 9.17) is 0 Å². The number of hydrogen-bond donors (Lipinski definition) is 1. The van der Waals surface area contributed by atoms with Gasteiger partial charge in [-0.2, -0.15) is 0 Å². The topological polar surface area (TPSA) is 43.8 Å². The number of amides is 1. The van der Waals surface area contributed by atoms with Crippen molar-refractivity contribution < 1.29 is 9.90 Å². The fourth-order valence-electron chi connectivity index (χ4n) is 3.14. The quantitative estimate of drug-likeness (QED) is 0.838. The van der Waals surface area contributed by atoms with Crippen LogP contribution in [0.15, 0.2) is 30.3 Å². The van der Waals surface area contributed by atoms with Crippen LogP contribution in [0.3, 0.4) is 0 Å². The Labute approximate surface area is 140 Å². The van der Waals surface area contributed by atoms with Gasteiger partial charge in [-0.1, -0.05) is 37.3 Å². The minimum absolute atomic E-state index is 0.280. The molecule has 0 unspecified atom stereocenters. The second-order valence-corrected chi connectivity index (χ2v) is 6.86. The summed E-state index contributed by atoms with van der Waals surface area (Å²) in [4.78, 5) is 16.6. The first-order chi connectivity index (χ1) is 11.0. The van der Waals surface area contributed by atoms with Crippen LogP contribution in [0.2, 0.25) is 0 Å². The largest absolute Gasteiger partial charge is 0.392 e. The average molecular weight is 318 g/mol. The molecule has 1 aromatic rings. The summed E-state index contributed by atoms with van der Waals surface area (Å²) in [5.74, 6) is 0.695. The number of carbonyl (C=O) groups is 1. The maximum Gasteiger partial charge on any atom is 0.222 e. The SMILES string of the molecule is C[C@@H](CCc1ccccc1)CC(=O)N1CCN(C[C@@H](C)O)CC1. The molecule has 4 heteroatoms. The summed E-state index contributed by atoms with van der Waals surface area (Å²) in [7, 11) is 0. The molecule has 1 heterocycles. The molecule has 1 aromatic carbocycles. The predicted molar refractivity (Wildman–Crippen MR) is 93.2 cm³/mol. The third kappa shape index (κ3) is 6.32. The lowest BCUT2D eigenvalue weighted by Gasteiger charge is -2.35. The monoisotopic (exact) mass is 318 g/mol. The first kappa shape index (κ1) is 18.0. The van der Waals surface area contributed by atoms with Crippen LogP contribution in [0, 0.1) is 5.92 Å². The molecule has 0 spiro atoms. The van der Waals surface area contributed by atoms with Gasteiger partial charge in [-0.3, -0.25) is 9.69 Å². The molecule has 1 saturated heterocycles. The summed E-state index contributed by atoms with van der Waals surface area (Å²) in [5, 5.41) is 9.43. The van der Waals surface area contributed by atoms with Crippen molar-refractivity contribution in [2.45, 2.75) is 39.2 Å². The summed E-state index contributed by atoms with van der Waals surface area (Å²) < 4.78 is 0. The van der Waals surface area contributed by atoms with Gasteiger partial charge >= 0.3 is 0 Å². The van der Waals surface area contributed by atoms with Crippen LogP contribution in [0.1, 0.15) is 32.3 Å². The normalized spacial score (nSPS) is 18.7. The molecule has 1 amide bonds. The molecule has 0 bridgehead atoms. The maximum absolute atomic E-state index is 12.4. The van der Waals surface area contributed by atoms with E-state index in [2.05, 4.69) is 36.1 Å². The number of nitrogens with zero attached hydrogens (tertiary/aromatic N) is 2. The van der Waals surface area contributed by atoms with Gasteiger partial charge in [-0.15, -0.1) is 0 Å². The molecule has 0 saturated carbocycles. The van der Waals surface area contributed by atoms with Gasteiger partial charge in [-0.05, 0) is 31.2 Å². The number of rotatable bonds is 7. The molecular weight excluding hydrogens is 288 g/mol. The van der Waals surface area contributed by atoms with Gasteiger partial charge in [0, 0.05) is 39.1 Å². The summed E-state index contributed by atoms with van der Waals surface area (Å²) in [5.41, 5.74) is 1.35. The summed E-state index contributed by atoms with van der Waals surface area (Å²) in [6.07, 6.45) is 2.44. The van der Waals surface area contributed by atoms with Gasteiger partial charge in [0.05, 0.1) is 6.10 Å². The Kier molecular flexibility index (Phi) is 7.06. The lowest BCUT2D eigenvalue weighted by Crippen LogP contribution is -2.50. The van der Waals surface area contributed by atoms with Crippen molar-refractivity contribution in [2.24, 2.45) is 5.92 Å². The molecule has 23 heavy (non-hydrogen) atoms. The second-order valence-electron chi connectivity index (χ2n) is 6.86. The number of aryl methyl sites for hydroxylation is 1. The molecule has 0 aliphatic carbocycles. The number of piperazine rings is 1. The Balaban J connectivity index is 1.68. The first-order valence-electron chi connectivity index (χ1n) is 8.76. The van der Waals surface area contributed by atoms with Crippen molar-refractivity contribution in [1.29, 1.82) is 0 Å². The molecule has 128 valence electrons. The second kappa shape index (κ2) is 9.04. The van der Waals surface area contributed by atoms with E-state index < -0.39 is 0 Å². The summed E-state index contributed by atoms with van der Waals surface area (Å²) >= 11 is 0. The van der Waals surface area contributed by atoms with Crippen LogP contribution >= 0.6 is 0 Å². The molecule has 1 aliphatic heterocycles. The zero-order valence-corrected chi connectivity index (χ0v) is 14.4. The molecular formula is C19H30N2O2. The zero-order valence-electron chi connectivity index (χ0n) is 14.4. The number of aliphatic hydroxyl groups is 1. The third-order valence-electron chi connectivity index (χ3n) is 4.54. The lowest BCUT2D eigenvalue weighted by atomic mass is 9.97. The highest BCUT2D eigenvalue weighted by atomic mass is 16.3. The van der Waals surface area contributed by atoms with Crippen molar-refractivity contribution in [2.75, 3.05) is 32.7 Å². The molecule has 1 aliphatic rings. The zero-order chi connectivity index (χ0) is 16.7. The first-order valence-corrected chi connectivity index (χ1v) is 8.76. The highest BCUT2D eigenvalue weighted by molar-refractivity contribution is 5.76. The Morgan fingerprint density at radius 3 is 2.39 bits per heavy atom. The smallest absolute Gasteiger partial charge is 0.222 e. The maximum atomic E-state index is 12.4. The van der Waals surface area contributed by atoms with E-state index >= 15 is 0 Å². The van der Waals surface area contributed by atoms with E-state index in [1.165, 1.54) is 5.56 Å². The van der Waals surface area contributed by atoms with Gasteiger partial charge < -0.3 is 10.0 Å². The van der Waals surface area contributed by atoms with Crippen LogP contribution in [-0.2, 0) is 11.2 Å². The van der Waals surface area contributed by atoms with Crippen LogP contribution < -0.4 is 0 Å². The number of hydrogen-bond acceptors (Lipinski definition) is 3. The fraction of sp³-hybridized carbons (Fsp3) is 0.632. The van der Waals surface area contributed by atoms with E-state index in [0.29, 0.717) is 18.9 Å². The minimum atomic E-state index is -0.296. The molecule has 1 fully saturated rings. The van der Waals surface area contributed by atoms with Crippen molar-refractivity contribution in [3.63, 3.8) is 0 Å². The van der Waals surface area contributed by atoms with E-state index in [0.717, 1.165) is 39.0 Å². The Bertz CT molecular complexity index is 468. The fourth-order valence-corrected chi connectivity index (χ4v) is 3.14. The number of β-amino-alcohol motifs (C(OH)–C–C–N with tert-alkyl or cyclic N) is 1. The molecule has 2 atom stereocenters. The van der Waals surface area contributed by atoms with Crippen LogP contribution in [0.5, 0.6) is 0 Å². The van der Waals surface area contributed by atoms with Crippen LogP contribution in [0.4, 0.5) is 0 Å². The van der Waals surface area contributed by atoms with Gasteiger partial charge in [0.2, 0.25) is 5.91 Å². The van der Waals surface area contributed by atoms with E-state index in [9.17, 15) is 9.90 Å². The van der Waals surface area contributed by atoms with Crippen molar-refractivity contribution >= 4 is 5.91 Å². The highest BCUT2D eigenvalue weighted by Gasteiger charge is 2.22. The van der Waals surface area contributed by atoms with E-state index in [1.54, 1.807) is 0 Å². The molecule has 2 rings (SSSR count). The molecule has 0 radical (unpaired) electrons. The van der Waals surface area contributed by atoms with Gasteiger partial charge in [0.15, 0.2) is 0 Å². The highest BCUT2D eigenvalue weighted by Crippen LogP contribution is 2.15. The number of carbonyl (C=O) groups excluding carboxylic acids is 1. The molecule has 4 nitrogen and oxygen atoms in total. The Morgan fingerprint density at radius 1 is 1.13 bits per heavy atom. The number of aliphatic hydroxyl groups excluding tert-OH is 1. The Hall–Kier alpha value is -1.39.